The Bertz CT molecular complexity index is 433. The largest absolute Gasteiger partial charge is 0.491 e. The molecule has 0 bridgehead atoms. The van der Waals surface area contributed by atoms with Crippen molar-refractivity contribution in [1.29, 1.82) is 0 Å². The number of hydrogen-bond acceptors (Lipinski definition) is 4. The molecule has 116 valence electrons. The van der Waals surface area contributed by atoms with Gasteiger partial charge >= 0.3 is 6.03 Å². The fourth-order valence-electron chi connectivity index (χ4n) is 2.32. The molecule has 21 heavy (non-hydrogen) atoms. The molecule has 1 aliphatic heterocycles. The summed E-state index contributed by atoms with van der Waals surface area (Å²) in [5.41, 5.74) is 5.24. The number of hydrogen-bond donors (Lipinski definition) is 2. The number of rotatable bonds is 6. The highest BCUT2D eigenvalue weighted by atomic mass is 16.5. The maximum absolute atomic E-state index is 11.0. The van der Waals surface area contributed by atoms with E-state index in [1.54, 1.807) is 4.90 Å². The summed E-state index contributed by atoms with van der Waals surface area (Å²) >= 11 is 0. The van der Waals surface area contributed by atoms with Gasteiger partial charge in [-0.1, -0.05) is 18.2 Å². The van der Waals surface area contributed by atoms with E-state index in [4.69, 9.17) is 10.5 Å². The fraction of sp³-hybridized carbons (Fsp3) is 0.533. The van der Waals surface area contributed by atoms with E-state index in [2.05, 4.69) is 4.90 Å². The number of aliphatic hydroxyl groups excluding tert-OH is 1. The van der Waals surface area contributed by atoms with Crippen LogP contribution in [0.25, 0.3) is 0 Å². The van der Waals surface area contributed by atoms with Crippen molar-refractivity contribution in [3.05, 3.63) is 30.3 Å². The summed E-state index contributed by atoms with van der Waals surface area (Å²) < 4.78 is 5.52. The minimum absolute atomic E-state index is 0.297. The monoisotopic (exact) mass is 293 g/mol. The highest BCUT2D eigenvalue weighted by Crippen LogP contribution is 2.10. The molecule has 1 fully saturated rings. The van der Waals surface area contributed by atoms with Gasteiger partial charge in [0.2, 0.25) is 0 Å². The number of nitrogens with two attached hydrogens (primary N) is 1. The molecule has 0 radical (unpaired) electrons. The predicted molar refractivity (Wildman–Crippen MR) is 80.2 cm³/mol. The molecule has 2 amide bonds. The summed E-state index contributed by atoms with van der Waals surface area (Å²) in [4.78, 5) is 14.9. The van der Waals surface area contributed by atoms with Gasteiger partial charge in [-0.2, -0.15) is 0 Å². The number of amides is 2. The number of ether oxygens (including phenoxy) is 1. The molecule has 6 nitrogen and oxygen atoms in total. The minimum atomic E-state index is -0.487. The van der Waals surface area contributed by atoms with Crippen molar-refractivity contribution in [3.63, 3.8) is 0 Å². The average molecular weight is 293 g/mol. The summed E-state index contributed by atoms with van der Waals surface area (Å²) in [5.74, 6) is 0.770. The van der Waals surface area contributed by atoms with Crippen LogP contribution in [0.15, 0.2) is 30.3 Å². The van der Waals surface area contributed by atoms with E-state index in [1.807, 2.05) is 30.3 Å². The first kappa shape index (κ1) is 15.6. The molecule has 0 aliphatic carbocycles. The highest BCUT2D eigenvalue weighted by Gasteiger charge is 2.19. The average Bonchev–Trinajstić information content (AvgIpc) is 2.52. The van der Waals surface area contributed by atoms with Gasteiger partial charge in [-0.05, 0) is 18.6 Å². The molecule has 0 aromatic heterocycles. The van der Waals surface area contributed by atoms with Crippen LogP contribution in [0.2, 0.25) is 0 Å². The van der Waals surface area contributed by atoms with Crippen molar-refractivity contribution in [2.75, 3.05) is 39.3 Å². The van der Waals surface area contributed by atoms with Crippen LogP contribution in [0.3, 0.4) is 0 Å². The van der Waals surface area contributed by atoms with Crippen LogP contribution in [0, 0.1) is 0 Å². The van der Waals surface area contributed by atoms with Gasteiger partial charge in [-0.25, -0.2) is 4.79 Å². The minimum Gasteiger partial charge on any atom is -0.491 e. The van der Waals surface area contributed by atoms with Gasteiger partial charge in [0.25, 0.3) is 0 Å². The van der Waals surface area contributed by atoms with Crippen molar-refractivity contribution in [2.45, 2.75) is 12.5 Å². The van der Waals surface area contributed by atoms with Crippen LogP contribution in [-0.4, -0.2) is 66.4 Å². The third kappa shape index (κ3) is 5.24. The van der Waals surface area contributed by atoms with Crippen LogP contribution < -0.4 is 10.5 Å². The van der Waals surface area contributed by atoms with Crippen LogP contribution >= 0.6 is 0 Å². The molecular formula is C15H23N3O3. The van der Waals surface area contributed by atoms with Crippen LogP contribution in [0.1, 0.15) is 6.42 Å². The highest BCUT2D eigenvalue weighted by molar-refractivity contribution is 5.72. The number of aliphatic hydroxyl groups is 1. The summed E-state index contributed by atoms with van der Waals surface area (Å²) in [7, 11) is 0. The molecule has 6 heteroatoms. The number of primary amides is 1. The Labute approximate surface area is 125 Å². The number of urea groups is 1. The van der Waals surface area contributed by atoms with Gasteiger partial charge in [-0.15, -0.1) is 0 Å². The van der Waals surface area contributed by atoms with Gasteiger partial charge < -0.3 is 20.5 Å². The molecule has 1 unspecified atom stereocenters. The molecule has 3 N–H and O–H groups in total. The second kappa shape index (κ2) is 7.85. The van der Waals surface area contributed by atoms with E-state index in [1.165, 1.54) is 0 Å². The lowest BCUT2D eigenvalue weighted by molar-refractivity contribution is 0.0781. The number of carbonyl (C=O) groups excluding carboxylic acids is 1. The number of para-hydroxylation sites is 1. The zero-order valence-corrected chi connectivity index (χ0v) is 12.1. The Balaban J connectivity index is 1.61. The number of benzene rings is 1. The molecule has 0 spiro atoms. The van der Waals surface area contributed by atoms with E-state index in [0.29, 0.717) is 26.1 Å². The fourth-order valence-corrected chi connectivity index (χ4v) is 2.32. The normalized spacial score (nSPS) is 17.5. The Hall–Kier alpha value is -1.79. The predicted octanol–water partition coefficient (Wildman–Crippen LogP) is 0.513. The topological polar surface area (TPSA) is 79.0 Å². The van der Waals surface area contributed by atoms with Gasteiger partial charge in [0.15, 0.2) is 0 Å². The quantitative estimate of drug-likeness (QED) is 0.801. The molecule has 1 aromatic rings. The lowest BCUT2D eigenvalue weighted by Crippen LogP contribution is -2.50. The summed E-state index contributed by atoms with van der Waals surface area (Å²) in [5, 5.41) is 9.95. The molecule has 0 saturated carbocycles. The molecule has 1 heterocycles. The lowest BCUT2D eigenvalue weighted by atomic mass is 10.2. The maximum atomic E-state index is 11.0. The molecule has 1 aliphatic rings. The van der Waals surface area contributed by atoms with Gasteiger partial charge in [-0.3, -0.25) is 4.90 Å². The number of nitrogens with zero attached hydrogens (tertiary/aromatic N) is 2. The third-order valence-electron chi connectivity index (χ3n) is 3.65. The first-order valence-corrected chi connectivity index (χ1v) is 7.28. The first-order chi connectivity index (χ1) is 10.1. The maximum Gasteiger partial charge on any atom is 0.314 e. The smallest absolute Gasteiger partial charge is 0.314 e. The summed E-state index contributed by atoms with van der Waals surface area (Å²) in [6.45, 7) is 4.01. The lowest BCUT2D eigenvalue weighted by Gasteiger charge is -2.34. The van der Waals surface area contributed by atoms with Crippen LogP contribution in [0.5, 0.6) is 5.75 Å². The zero-order valence-electron chi connectivity index (χ0n) is 12.1. The molecule has 2 rings (SSSR count). The van der Waals surface area contributed by atoms with Gasteiger partial charge in [0, 0.05) is 32.7 Å². The zero-order chi connectivity index (χ0) is 15.1. The second-order valence-electron chi connectivity index (χ2n) is 5.23. The van der Waals surface area contributed by atoms with Gasteiger partial charge in [0.1, 0.15) is 12.4 Å². The Morgan fingerprint density at radius 3 is 2.52 bits per heavy atom. The third-order valence-corrected chi connectivity index (χ3v) is 3.65. The first-order valence-electron chi connectivity index (χ1n) is 7.28. The summed E-state index contributed by atoms with van der Waals surface area (Å²) in [6, 6.07) is 9.12. The van der Waals surface area contributed by atoms with E-state index in [0.717, 1.165) is 25.4 Å². The Morgan fingerprint density at radius 2 is 1.90 bits per heavy atom. The molecule has 1 atom stereocenters. The Morgan fingerprint density at radius 1 is 1.24 bits per heavy atom. The van der Waals surface area contributed by atoms with E-state index in [-0.39, 0.29) is 6.03 Å². The van der Waals surface area contributed by atoms with Crippen molar-refractivity contribution >= 4 is 6.03 Å². The van der Waals surface area contributed by atoms with Crippen molar-refractivity contribution in [2.24, 2.45) is 5.73 Å². The van der Waals surface area contributed by atoms with Crippen molar-refractivity contribution in [1.82, 2.24) is 9.80 Å². The molecule has 1 saturated heterocycles. The standard InChI is InChI=1S/C15H23N3O3/c16-15(20)18-10-8-17(9-11-18)7-6-13(19)12-21-14-4-2-1-3-5-14/h1-5,13,19H,6-12H2,(H2,16,20). The van der Waals surface area contributed by atoms with Crippen molar-refractivity contribution in [3.8, 4) is 5.75 Å². The SMILES string of the molecule is NC(=O)N1CCN(CCC(O)COc2ccccc2)CC1. The second-order valence-corrected chi connectivity index (χ2v) is 5.23. The number of piperazine rings is 1. The van der Waals surface area contributed by atoms with E-state index < -0.39 is 6.10 Å². The summed E-state index contributed by atoms with van der Waals surface area (Å²) in [6.07, 6.45) is 0.169. The van der Waals surface area contributed by atoms with E-state index >= 15 is 0 Å². The van der Waals surface area contributed by atoms with Crippen LogP contribution in [0.4, 0.5) is 4.79 Å². The Kier molecular flexibility index (Phi) is 5.83. The number of carbonyl (C=O) groups is 1. The van der Waals surface area contributed by atoms with Crippen molar-refractivity contribution < 1.29 is 14.6 Å². The molecule has 1 aromatic carbocycles. The van der Waals surface area contributed by atoms with E-state index in [9.17, 15) is 9.90 Å². The molecular weight excluding hydrogens is 270 g/mol. The van der Waals surface area contributed by atoms with Crippen LogP contribution in [-0.2, 0) is 0 Å². The van der Waals surface area contributed by atoms with Gasteiger partial charge in [0.05, 0.1) is 6.10 Å².